The molecule has 0 aromatic carbocycles. The number of pyridine rings is 1. The van der Waals surface area contributed by atoms with E-state index in [0.29, 0.717) is 11.9 Å². The van der Waals surface area contributed by atoms with Crippen molar-refractivity contribution >= 4 is 0 Å². The van der Waals surface area contributed by atoms with E-state index in [1.54, 1.807) is 7.11 Å². The smallest absolute Gasteiger partial charge is 0.213 e. The summed E-state index contributed by atoms with van der Waals surface area (Å²) in [6.07, 6.45) is 4.28. The highest BCUT2D eigenvalue weighted by Gasteiger charge is 2.17. The van der Waals surface area contributed by atoms with Crippen LogP contribution in [0.1, 0.15) is 18.4 Å². The Balaban J connectivity index is 1.88. The molecule has 0 saturated carbocycles. The highest BCUT2D eigenvalue weighted by Crippen LogP contribution is 2.15. The highest BCUT2D eigenvalue weighted by molar-refractivity contribution is 5.20. The van der Waals surface area contributed by atoms with Crippen LogP contribution in [0.5, 0.6) is 5.88 Å². The van der Waals surface area contributed by atoms with Crippen LogP contribution in [-0.4, -0.2) is 43.2 Å². The third-order valence-corrected chi connectivity index (χ3v) is 3.41. The highest BCUT2D eigenvalue weighted by atomic mass is 16.5. The Morgan fingerprint density at radius 2 is 2.24 bits per heavy atom. The number of aromatic nitrogens is 1. The fourth-order valence-electron chi connectivity index (χ4n) is 2.30. The van der Waals surface area contributed by atoms with Gasteiger partial charge in [0, 0.05) is 24.8 Å². The lowest BCUT2D eigenvalue weighted by atomic mass is 10.0. The Hall–Kier alpha value is -1.13. The third kappa shape index (κ3) is 3.41. The maximum atomic E-state index is 5.14. The molecule has 1 N–H and O–H groups in total. The van der Waals surface area contributed by atoms with Crippen molar-refractivity contribution in [3.8, 4) is 5.88 Å². The Kier molecular flexibility index (Phi) is 4.34. The first kappa shape index (κ1) is 12.3. The van der Waals surface area contributed by atoms with Crippen LogP contribution in [-0.2, 0) is 6.54 Å². The quantitative estimate of drug-likeness (QED) is 0.853. The number of rotatable bonds is 4. The van der Waals surface area contributed by atoms with Crippen molar-refractivity contribution in [3.05, 3.63) is 23.9 Å². The van der Waals surface area contributed by atoms with Crippen LogP contribution in [0.4, 0.5) is 0 Å². The summed E-state index contributed by atoms with van der Waals surface area (Å²) in [5.41, 5.74) is 1.28. The molecule has 0 radical (unpaired) electrons. The number of ether oxygens (including phenoxy) is 1. The lowest BCUT2D eigenvalue weighted by molar-refractivity contribution is 0.194. The van der Waals surface area contributed by atoms with Gasteiger partial charge in [0.2, 0.25) is 5.88 Å². The van der Waals surface area contributed by atoms with Crippen molar-refractivity contribution < 1.29 is 4.74 Å². The second-order valence-corrected chi connectivity index (χ2v) is 4.55. The van der Waals surface area contributed by atoms with Gasteiger partial charge in [0.05, 0.1) is 7.11 Å². The average molecular weight is 235 g/mol. The molecule has 17 heavy (non-hydrogen) atoms. The first-order chi connectivity index (χ1) is 8.31. The second-order valence-electron chi connectivity index (χ2n) is 4.55. The van der Waals surface area contributed by atoms with Gasteiger partial charge >= 0.3 is 0 Å². The van der Waals surface area contributed by atoms with Gasteiger partial charge in [0.1, 0.15) is 0 Å². The van der Waals surface area contributed by atoms with Crippen LogP contribution >= 0.6 is 0 Å². The number of hydrogen-bond donors (Lipinski definition) is 1. The molecule has 1 fully saturated rings. The maximum absolute atomic E-state index is 5.14. The zero-order valence-electron chi connectivity index (χ0n) is 10.6. The molecule has 2 rings (SSSR count). The molecule has 1 aromatic rings. The Morgan fingerprint density at radius 1 is 1.47 bits per heavy atom. The predicted molar refractivity (Wildman–Crippen MR) is 68.1 cm³/mol. The van der Waals surface area contributed by atoms with Crippen molar-refractivity contribution in [2.24, 2.45) is 0 Å². The van der Waals surface area contributed by atoms with E-state index in [0.717, 1.165) is 19.6 Å². The minimum atomic E-state index is 0.693. The first-order valence-electron chi connectivity index (χ1n) is 6.20. The van der Waals surface area contributed by atoms with Gasteiger partial charge in [-0.1, -0.05) is 0 Å². The van der Waals surface area contributed by atoms with E-state index in [2.05, 4.69) is 21.3 Å². The van der Waals surface area contributed by atoms with Gasteiger partial charge in [0.25, 0.3) is 0 Å². The van der Waals surface area contributed by atoms with Gasteiger partial charge in [-0.3, -0.25) is 4.90 Å². The normalized spacial score (nSPS) is 18.2. The Bertz CT molecular complexity index is 348. The van der Waals surface area contributed by atoms with Crippen molar-refractivity contribution in [3.63, 3.8) is 0 Å². The lowest BCUT2D eigenvalue weighted by Gasteiger charge is -2.31. The Morgan fingerprint density at radius 3 is 2.88 bits per heavy atom. The number of methoxy groups -OCH3 is 1. The summed E-state index contributed by atoms with van der Waals surface area (Å²) in [4.78, 5) is 6.61. The molecule has 0 aliphatic carbocycles. The summed E-state index contributed by atoms with van der Waals surface area (Å²) in [5, 5.41) is 3.35. The van der Waals surface area contributed by atoms with Crippen LogP contribution in [0.15, 0.2) is 18.3 Å². The number of likely N-dealkylation sites (tertiary alicyclic amines) is 1. The van der Waals surface area contributed by atoms with Gasteiger partial charge in [-0.25, -0.2) is 4.98 Å². The summed E-state index contributed by atoms with van der Waals surface area (Å²) in [6, 6.07) is 4.77. The SMILES string of the molecule is CNC1CCN(Cc2ccnc(OC)c2)CC1. The summed E-state index contributed by atoms with van der Waals surface area (Å²) in [5.74, 6) is 0.701. The van der Waals surface area contributed by atoms with Gasteiger partial charge in [-0.15, -0.1) is 0 Å². The van der Waals surface area contributed by atoms with Gasteiger partial charge in [-0.2, -0.15) is 0 Å². The van der Waals surface area contributed by atoms with E-state index in [1.807, 2.05) is 19.3 Å². The summed E-state index contributed by atoms with van der Waals surface area (Å²) in [7, 11) is 3.71. The molecule has 4 nitrogen and oxygen atoms in total. The van der Waals surface area contributed by atoms with E-state index in [9.17, 15) is 0 Å². The van der Waals surface area contributed by atoms with E-state index >= 15 is 0 Å². The molecule has 2 heterocycles. The van der Waals surface area contributed by atoms with Crippen LogP contribution < -0.4 is 10.1 Å². The molecule has 4 heteroatoms. The summed E-state index contributed by atoms with van der Waals surface area (Å²) in [6.45, 7) is 3.32. The zero-order chi connectivity index (χ0) is 12.1. The molecule has 0 bridgehead atoms. The molecule has 0 unspecified atom stereocenters. The third-order valence-electron chi connectivity index (χ3n) is 3.41. The average Bonchev–Trinajstić information content (AvgIpc) is 2.40. The molecule has 0 amide bonds. The molecule has 0 spiro atoms. The van der Waals surface area contributed by atoms with Crippen molar-refractivity contribution in [2.45, 2.75) is 25.4 Å². The van der Waals surface area contributed by atoms with E-state index in [-0.39, 0.29) is 0 Å². The monoisotopic (exact) mass is 235 g/mol. The number of nitrogens with zero attached hydrogens (tertiary/aromatic N) is 2. The molecule has 0 atom stereocenters. The Labute approximate surface area is 103 Å². The van der Waals surface area contributed by atoms with Crippen molar-refractivity contribution in [2.75, 3.05) is 27.2 Å². The molecule has 1 aromatic heterocycles. The zero-order valence-corrected chi connectivity index (χ0v) is 10.6. The summed E-state index contributed by atoms with van der Waals surface area (Å²) >= 11 is 0. The van der Waals surface area contributed by atoms with E-state index < -0.39 is 0 Å². The second kappa shape index (κ2) is 5.98. The van der Waals surface area contributed by atoms with Gasteiger partial charge < -0.3 is 10.1 Å². The number of hydrogen-bond acceptors (Lipinski definition) is 4. The topological polar surface area (TPSA) is 37.4 Å². The molecular weight excluding hydrogens is 214 g/mol. The lowest BCUT2D eigenvalue weighted by Crippen LogP contribution is -2.40. The number of piperidine rings is 1. The van der Waals surface area contributed by atoms with E-state index in [4.69, 9.17) is 4.74 Å². The van der Waals surface area contributed by atoms with Crippen LogP contribution in [0.2, 0.25) is 0 Å². The largest absolute Gasteiger partial charge is 0.481 e. The predicted octanol–water partition coefficient (Wildman–Crippen LogP) is 1.27. The fraction of sp³-hybridized carbons (Fsp3) is 0.615. The van der Waals surface area contributed by atoms with Crippen molar-refractivity contribution in [1.29, 1.82) is 0 Å². The van der Waals surface area contributed by atoms with Crippen molar-refractivity contribution in [1.82, 2.24) is 15.2 Å². The number of nitrogens with one attached hydrogen (secondary N) is 1. The molecule has 1 aliphatic rings. The van der Waals surface area contributed by atoms with Gasteiger partial charge in [0.15, 0.2) is 0 Å². The van der Waals surface area contributed by atoms with Crippen LogP contribution in [0.25, 0.3) is 0 Å². The standard InChI is InChI=1S/C13H21N3O/c1-14-12-4-7-16(8-5-12)10-11-3-6-15-13(9-11)17-2/h3,6,9,12,14H,4-5,7-8,10H2,1-2H3. The van der Waals surface area contributed by atoms with E-state index in [1.165, 1.54) is 18.4 Å². The maximum Gasteiger partial charge on any atom is 0.213 e. The van der Waals surface area contributed by atoms with Gasteiger partial charge in [-0.05, 0) is 44.6 Å². The fourth-order valence-corrected chi connectivity index (χ4v) is 2.30. The molecule has 94 valence electrons. The minimum absolute atomic E-state index is 0.693. The summed E-state index contributed by atoms with van der Waals surface area (Å²) < 4.78 is 5.14. The molecule has 1 aliphatic heterocycles. The minimum Gasteiger partial charge on any atom is -0.481 e. The molecular formula is C13H21N3O. The first-order valence-corrected chi connectivity index (χ1v) is 6.20. The molecule has 1 saturated heterocycles. The van der Waals surface area contributed by atoms with Crippen LogP contribution in [0.3, 0.4) is 0 Å². The van der Waals surface area contributed by atoms with Crippen LogP contribution in [0, 0.1) is 0 Å².